The van der Waals surface area contributed by atoms with Crippen molar-refractivity contribution in [2.75, 3.05) is 13.2 Å². The maximum absolute atomic E-state index is 12.0. The van der Waals surface area contributed by atoms with Crippen LogP contribution in [0.5, 0.6) is 0 Å². The van der Waals surface area contributed by atoms with Crippen molar-refractivity contribution >= 4 is 13.8 Å². The van der Waals surface area contributed by atoms with Crippen LogP contribution in [-0.2, 0) is 18.4 Å². The van der Waals surface area contributed by atoms with E-state index in [1.54, 1.807) is 0 Å². The SMILES string of the molecule is CCCCCCCCCCCCCCCCCCOP(=O)(O)OCCCCCCCCCCCCCCCC(=O)O. The van der Waals surface area contributed by atoms with Crippen LogP contribution in [0.25, 0.3) is 0 Å². The monoisotopic (exact) mass is 604 g/mol. The van der Waals surface area contributed by atoms with Gasteiger partial charge in [0.15, 0.2) is 0 Å². The molecule has 0 aliphatic rings. The van der Waals surface area contributed by atoms with Gasteiger partial charge in [-0.25, -0.2) is 4.57 Å². The smallest absolute Gasteiger partial charge is 0.472 e. The lowest BCUT2D eigenvalue weighted by molar-refractivity contribution is -0.137. The zero-order valence-corrected chi connectivity index (χ0v) is 28.0. The summed E-state index contributed by atoms with van der Waals surface area (Å²) in [4.78, 5) is 20.3. The van der Waals surface area contributed by atoms with Gasteiger partial charge in [0.2, 0.25) is 0 Å². The summed E-state index contributed by atoms with van der Waals surface area (Å²) in [6, 6.07) is 0. The van der Waals surface area contributed by atoms with Crippen molar-refractivity contribution in [1.29, 1.82) is 0 Å². The number of unbranched alkanes of at least 4 members (excludes halogenated alkanes) is 27. The van der Waals surface area contributed by atoms with Crippen LogP contribution in [0.3, 0.4) is 0 Å². The van der Waals surface area contributed by atoms with Gasteiger partial charge in [0, 0.05) is 6.42 Å². The molecule has 0 saturated heterocycles. The molecule has 0 amide bonds. The number of hydrogen-bond donors (Lipinski definition) is 2. The Morgan fingerprint density at radius 2 is 0.707 bits per heavy atom. The molecule has 0 aromatic rings. The Bertz CT molecular complexity index is 586. The molecule has 7 heteroatoms. The van der Waals surface area contributed by atoms with Gasteiger partial charge in [-0.05, 0) is 19.3 Å². The molecule has 1 unspecified atom stereocenters. The Hall–Kier alpha value is -0.420. The minimum Gasteiger partial charge on any atom is -0.481 e. The van der Waals surface area contributed by atoms with Crippen molar-refractivity contribution in [2.24, 2.45) is 0 Å². The molecule has 1 atom stereocenters. The summed E-state index contributed by atoms with van der Waals surface area (Å²) < 4.78 is 22.3. The zero-order chi connectivity index (χ0) is 30.1. The molecule has 0 radical (unpaired) electrons. The third-order valence-corrected chi connectivity index (χ3v) is 9.06. The Morgan fingerprint density at radius 1 is 0.463 bits per heavy atom. The number of carboxylic acid groups (broad SMARTS) is 1. The van der Waals surface area contributed by atoms with Crippen LogP contribution in [-0.4, -0.2) is 29.2 Å². The fraction of sp³-hybridized carbons (Fsp3) is 0.971. The second-order valence-electron chi connectivity index (χ2n) is 12.2. The van der Waals surface area contributed by atoms with Gasteiger partial charge >= 0.3 is 13.8 Å². The van der Waals surface area contributed by atoms with Crippen LogP contribution in [0.2, 0.25) is 0 Å². The molecule has 0 fully saturated rings. The summed E-state index contributed by atoms with van der Waals surface area (Å²) in [6.07, 6.45) is 35.9. The molecule has 0 spiro atoms. The highest BCUT2D eigenvalue weighted by atomic mass is 31.2. The van der Waals surface area contributed by atoms with Crippen molar-refractivity contribution in [3.63, 3.8) is 0 Å². The van der Waals surface area contributed by atoms with Crippen LogP contribution < -0.4 is 0 Å². The van der Waals surface area contributed by atoms with Crippen LogP contribution in [0.1, 0.15) is 200 Å². The molecule has 0 bridgehead atoms. The van der Waals surface area contributed by atoms with Crippen molar-refractivity contribution in [3.05, 3.63) is 0 Å². The van der Waals surface area contributed by atoms with E-state index >= 15 is 0 Å². The molecular weight excluding hydrogens is 535 g/mol. The van der Waals surface area contributed by atoms with E-state index in [1.165, 1.54) is 135 Å². The lowest BCUT2D eigenvalue weighted by Crippen LogP contribution is -1.99. The fourth-order valence-corrected chi connectivity index (χ4v) is 6.16. The van der Waals surface area contributed by atoms with Gasteiger partial charge in [-0.3, -0.25) is 13.8 Å². The number of carboxylic acids is 1. The molecular formula is C34H69O6P. The zero-order valence-electron chi connectivity index (χ0n) is 27.1. The maximum atomic E-state index is 12.0. The molecule has 0 saturated carbocycles. The summed E-state index contributed by atoms with van der Waals surface area (Å²) >= 11 is 0. The summed E-state index contributed by atoms with van der Waals surface area (Å²) in [7, 11) is -3.90. The lowest BCUT2D eigenvalue weighted by Gasteiger charge is -2.12. The first-order valence-corrected chi connectivity index (χ1v) is 19.3. The first kappa shape index (κ1) is 40.6. The molecule has 41 heavy (non-hydrogen) atoms. The molecule has 0 aliphatic heterocycles. The average molecular weight is 605 g/mol. The second-order valence-corrected chi connectivity index (χ2v) is 13.6. The highest BCUT2D eigenvalue weighted by Crippen LogP contribution is 2.43. The van der Waals surface area contributed by atoms with Gasteiger partial charge in [0.1, 0.15) is 0 Å². The summed E-state index contributed by atoms with van der Waals surface area (Å²) in [6.45, 7) is 2.87. The van der Waals surface area contributed by atoms with Gasteiger partial charge in [0.05, 0.1) is 13.2 Å². The molecule has 0 aromatic heterocycles. The van der Waals surface area contributed by atoms with E-state index in [0.717, 1.165) is 51.4 Å². The van der Waals surface area contributed by atoms with Crippen LogP contribution in [0, 0.1) is 0 Å². The number of phosphoric ester groups is 1. The number of rotatable bonds is 35. The van der Waals surface area contributed by atoms with E-state index in [0.29, 0.717) is 19.6 Å². The highest BCUT2D eigenvalue weighted by Gasteiger charge is 2.19. The third kappa shape index (κ3) is 35.7. The Morgan fingerprint density at radius 3 is 0.976 bits per heavy atom. The van der Waals surface area contributed by atoms with E-state index in [1.807, 2.05) is 0 Å². The molecule has 246 valence electrons. The minimum absolute atomic E-state index is 0.291. The quantitative estimate of drug-likeness (QED) is 0.0552. The fourth-order valence-electron chi connectivity index (χ4n) is 5.37. The van der Waals surface area contributed by atoms with Gasteiger partial charge in [-0.15, -0.1) is 0 Å². The van der Waals surface area contributed by atoms with E-state index in [4.69, 9.17) is 14.2 Å². The summed E-state index contributed by atoms with van der Waals surface area (Å²) in [5, 5.41) is 8.62. The third-order valence-electron chi connectivity index (χ3n) is 8.04. The number of phosphoric acid groups is 1. The van der Waals surface area contributed by atoms with Crippen LogP contribution in [0.15, 0.2) is 0 Å². The van der Waals surface area contributed by atoms with E-state index in [9.17, 15) is 14.3 Å². The van der Waals surface area contributed by atoms with Crippen LogP contribution >= 0.6 is 7.82 Å². The summed E-state index contributed by atoms with van der Waals surface area (Å²) in [5.74, 6) is -0.684. The van der Waals surface area contributed by atoms with Gasteiger partial charge in [-0.2, -0.15) is 0 Å². The molecule has 6 nitrogen and oxygen atoms in total. The summed E-state index contributed by atoms with van der Waals surface area (Å²) in [5.41, 5.74) is 0. The standard InChI is InChI=1S/C34H69O6P/c1-2-3-4-5-6-7-8-9-10-11-14-17-20-23-26-29-32-39-41(37,38)40-33-30-27-24-21-18-15-12-13-16-19-22-25-28-31-34(35)36/h2-33H2,1H3,(H,35,36)(H,37,38). The predicted octanol–water partition coefficient (Wildman–Crippen LogP) is 11.9. The minimum atomic E-state index is -3.90. The van der Waals surface area contributed by atoms with Crippen LogP contribution in [0.4, 0.5) is 0 Å². The molecule has 0 heterocycles. The van der Waals surface area contributed by atoms with Crippen molar-refractivity contribution in [3.8, 4) is 0 Å². The van der Waals surface area contributed by atoms with Crippen molar-refractivity contribution in [2.45, 2.75) is 200 Å². The number of hydrogen-bond acceptors (Lipinski definition) is 4. The first-order valence-electron chi connectivity index (χ1n) is 17.8. The molecule has 0 aromatic carbocycles. The van der Waals surface area contributed by atoms with Gasteiger partial charge < -0.3 is 10.00 Å². The average Bonchev–Trinajstić information content (AvgIpc) is 2.94. The predicted molar refractivity (Wildman–Crippen MR) is 174 cm³/mol. The van der Waals surface area contributed by atoms with Crippen molar-refractivity contribution < 1.29 is 28.4 Å². The van der Waals surface area contributed by atoms with Crippen molar-refractivity contribution in [1.82, 2.24) is 0 Å². The molecule has 2 N–H and O–H groups in total. The van der Waals surface area contributed by atoms with E-state index < -0.39 is 13.8 Å². The largest absolute Gasteiger partial charge is 0.481 e. The Labute approximate surface area is 254 Å². The Kier molecular flexibility index (Phi) is 32.2. The maximum Gasteiger partial charge on any atom is 0.472 e. The number of carbonyl (C=O) groups is 1. The lowest BCUT2D eigenvalue weighted by atomic mass is 10.0. The van der Waals surface area contributed by atoms with E-state index in [2.05, 4.69) is 6.92 Å². The topological polar surface area (TPSA) is 93.1 Å². The molecule has 0 rings (SSSR count). The first-order chi connectivity index (χ1) is 20.0. The molecule has 0 aliphatic carbocycles. The number of aliphatic carboxylic acids is 1. The van der Waals surface area contributed by atoms with Gasteiger partial charge in [0.25, 0.3) is 0 Å². The van der Waals surface area contributed by atoms with Gasteiger partial charge in [-0.1, -0.05) is 174 Å². The van der Waals surface area contributed by atoms with E-state index in [-0.39, 0.29) is 0 Å². The highest BCUT2D eigenvalue weighted by molar-refractivity contribution is 7.47. The Balaban J connectivity index is 3.28. The second kappa shape index (κ2) is 32.5. The normalized spacial score (nSPS) is 13.0.